The summed E-state index contributed by atoms with van der Waals surface area (Å²) in [6.45, 7) is 2.20. The van der Waals surface area contributed by atoms with E-state index in [4.69, 9.17) is 21.7 Å². The molecule has 0 saturated carbocycles. The van der Waals surface area contributed by atoms with Crippen LogP contribution in [-0.2, 0) is 9.47 Å². The SMILES string of the molecule is COC1=CC=C(COC(O)C2C(C)=NC(=S)NC2C2=CCCC=C2)C=CC1. The van der Waals surface area contributed by atoms with Gasteiger partial charge < -0.3 is 19.9 Å². The Balaban J connectivity index is 1.72. The molecule has 0 radical (unpaired) electrons. The zero-order valence-electron chi connectivity index (χ0n) is 15.7. The van der Waals surface area contributed by atoms with Crippen LogP contribution in [0.15, 0.2) is 64.4 Å². The minimum absolute atomic E-state index is 0.139. The minimum atomic E-state index is -0.992. The third kappa shape index (κ3) is 5.03. The number of allylic oxidation sites excluding steroid dienone is 5. The van der Waals surface area contributed by atoms with Gasteiger partial charge >= 0.3 is 0 Å². The number of methoxy groups -OCH3 is 1. The summed E-state index contributed by atoms with van der Waals surface area (Å²) in [7, 11) is 1.66. The molecule has 6 heteroatoms. The lowest BCUT2D eigenvalue weighted by molar-refractivity contribution is -0.114. The van der Waals surface area contributed by atoms with Crippen LogP contribution in [0.1, 0.15) is 26.2 Å². The molecule has 2 aliphatic carbocycles. The van der Waals surface area contributed by atoms with Crippen molar-refractivity contribution in [3.63, 3.8) is 0 Å². The molecular weight excluding hydrogens is 360 g/mol. The van der Waals surface area contributed by atoms with Gasteiger partial charge in [0.05, 0.1) is 31.4 Å². The number of hydrogen-bond acceptors (Lipinski definition) is 4. The van der Waals surface area contributed by atoms with Crippen molar-refractivity contribution >= 4 is 23.0 Å². The molecule has 1 heterocycles. The zero-order chi connectivity index (χ0) is 19.2. The monoisotopic (exact) mass is 386 g/mol. The van der Waals surface area contributed by atoms with E-state index in [1.165, 1.54) is 0 Å². The predicted molar refractivity (Wildman–Crippen MR) is 111 cm³/mol. The Hall–Kier alpha value is -2.02. The first kappa shape index (κ1) is 19.7. The van der Waals surface area contributed by atoms with Gasteiger partial charge in [0, 0.05) is 12.1 Å². The van der Waals surface area contributed by atoms with Crippen LogP contribution in [0.25, 0.3) is 0 Å². The van der Waals surface area contributed by atoms with E-state index in [1.54, 1.807) is 7.11 Å². The van der Waals surface area contributed by atoms with Crippen LogP contribution in [0.4, 0.5) is 0 Å². The third-order valence-corrected chi connectivity index (χ3v) is 5.11. The highest BCUT2D eigenvalue weighted by Crippen LogP contribution is 2.26. The summed E-state index contributed by atoms with van der Waals surface area (Å²) in [5, 5.41) is 14.5. The number of rotatable bonds is 6. The molecule has 1 aliphatic heterocycles. The number of aliphatic imine (C=N–C) groups is 1. The highest BCUT2D eigenvalue weighted by atomic mass is 32.1. The predicted octanol–water partition coefficient (Wildman–Crippen LogP) is 3.35. The normalized spacial score (nSPS) is 26.3. The van der Waals surface area contributed by atoms with Crippen molar-refractivity contribution < 1.29 is 14.6 Å². The smallest absolute Gasteiger partial charge is 0.193 e. The van der Waals surface area contributed by atoms with E-state index >= 15 is 0 Å². The van der Waals surface area contributed by atoms with Crippen molar-refractivity contribution in [1.82, 2.24) is 5.32 Å². The van der Waals surface area contributed by atoms with Gasteiger partial charge in [-0.1, -0.05) is 36.5 Å². The summed E-state index contributed by atoms with van der Waals surface area (Å²) in [6, 6.07) is -0.139. The fraction of sp³-hybridized carbons (Fsp3) is 0.429. The Morgan fingerprint density at radius 1 is 1.30 bits per heavy atom. The van der Waals surface area contributed by atoms with Crippen molar-refractivity contribution in [3.05, 3.63) is 59.4 Å². The van der Waals surface area contributed by atoms with Crippen molar-refractivity contribution in [3.8, 4) is 0 Å². The van der Waals surface area contributed by atoms with Gasteiger partial charge in [0.25, 0.3) is 0 Å². The van der Waals surface area contributed by atoms with Gasteiger partial charge in [-0.05, 0) is 49.2 Å². The first-order valence-corrected chi connectivity index (χ1v) is 9.61. The van der Waals surface area contributed by atoms with E-state index in [2.05, 4.69) is 28.5 Å². The first-order chi connectivity index (χ1) is 13.1. The van der Waals surface area contributed by atoms with E-state index in [9.17, 15) is 5.11 Å². The van der Waals surface area contributed by atoms with Crippen LogP contribution in [0.2, 0.25) is 0 Å². The number of ether oxygens (including phenoxy) is 2. The summed E-state index contributed by atoms with van der Waals surface area (Å²) < 4.78 is 11.1. The second kappa shape index (κ2) is 9.26. The molecule has 3 aliphatic rings. The standard InChI is InChI=1S/C21H26N2O3S/c1-14-18(19(23-21(27)22-14)16-8-4-3-5-9-16)20(24)26-13-15-7-6-10-17(25-2)12-11-15/h4,6-9,11-12,18-20,24H,3,5,10,13H2,1-2H3,(H,23,27). The fourth-order valence-corrected chi connectivity index (χ4v) is 3.71. The van der Waals surface area contributed by atoms with Crippen molar-refractivity contribution in [1.29, 1.82) is 0 Å². The van der Waals surface area contributed by atoms with E-state index in [0.29, 0.717) is 11.7 Å². The van der Waals surface area contributed by atoms with E-state index in [0.717, 1.165) is 41.9 Å². The quantitative estimate of drug-likeness (QED) is 0.541. The van der Waals surface area contributed by atoms with Crippen LogP contribution in [0.3, 0.4) is 0 Å². The number of nitrogens with one attached hydrogen (secondary N) is 1. The van der Waals surface area contributed by atoms with Crippen LogP contribution in [0, 0.1) is 5.92 Å². The summed E-state index contributed by atoms with van der Waals surface area (Å²) in [6.07, 6.45) is 16.1. The molecule has 3 rings (SSSR count). The maximum atomic E-state index is 10.8. The minimum Gasteiger partial charge on any atom is -0.501 e. The molecule has 0 amide bonds. The van der Waals surface area contributed by atoms with Crippen molar-refractivity contribution in [2.45, 2.75) is 38.5 Å². The second-order valence-electron chi connectivity index (χ2n) is 6.78. The lowest BCUT2D eigenvalue weighted by atomic mass is 9.85. The highest BCUT2D eigenvalue weighted by Gasteiger charge is 2.36. The molecule has 27 heavy (non-hydrogen) atoms. The number of aliphatic hydroxyl groups is 1. The molecule has 0 bridgehead atoms. The molecular formula is C21H26N2O3S. The lowest BCUT2D eigenvalue weighted by Crippen LogP contribution is -2.52. The van der Waals surface area contributed by atoms with E-state index in [1.807, 2.05) is 31.2 Å². The lowest BCUT2D eigenvalue weighted by Gasteiger charge is -2.36. The maximum Gasteiger partial charge on any atom is 0.193 e. The zero-order valence-corrected chi connectivity index (χ0v) is 16.5. The average molecular weight is 387 g/mol. The average Bonchev–Trinajstić information content (AvgIpc) is 2.91. The fourth-order valence-electron chi connectivity index (χ4n) is 3.44. The van der Waals surface area contributed by atoms with Crippen LogP contribution in [0.5, 0.6) is 0 Å². The second-order valence-corrected chi connectivity index (χ2v) is 7.16. The van der Waals surface area contributed by atoms with Crippen LogP contribution >= 0.6 is 12.2 Å². The summed E-state index contributed by atoms with van der Waals surface area (Å²) >= 11 is 5.26. The Labute approximate surface area is 165 Å². The van der Waals surface area contributed by atoms with Crippen LogP contribution < -0.4 is 5.32 Å². The Bertz CT molecular complexity index is 761. The van der Waals surface area contributed by atoms with Crippen LogP contribution in [-0.4, -0.2) is 42.0 Å². The molecule has 0 fully saturated rings. The molecule has 0 saturated heterocycles. The first-order valence-electron chi connectivity index (χ1n) is 9.20. The molecule has 144 valence electrons. The molecule has 5 nitrogen and oxygen atoms in total. The molecule has 0 spiro atoms. The Kier molecular flexibility index (Phi) is 6.77. The van der Waals surface area contributed by atoms with Crippen molar-refractivity contribution in [2.75, 3.05) is 13.7 Å². The van der Waals surface area contributed by atoms with Gasteiger partial charge in [-0.25, -0.2) is 4.99 Å². The molecule has 0 aromatic heterocycles. The number of hydrogen-bond donors (Lipinski definition) is 2. The maximum absolute atomic E-state index is 10.8. The van der Waals surface area contributed by atoms with Crippen molar-refractivity contribution in [2.24, 2.45) is 10.9 Å². The Morgan fingerprint density at radius 3 is 2.89 bits per heavy atom. The Morgan fingerprint density at radius 2 is 2.15 bits per heavy atom. The van der Waals surface area contributed by atoms with E-state index in [-0.39, 0.29) is 12.0 Å². The van der Waals surface area contributed by atoms with Gasteiger partial charge in [0.2, 0.25) is 0 Å². The molecule has 0 aromatic rings. The highest BCUT2D eigenvalue weighted by molar-refractivity contribution is 7.80. The summed E-state index contributed by atoms with van der Waals surface area (Å²) in [5.74, 6) is 0.594. The van der Waals surface area contributed by atoms with E-state index < -0.39 is 6.29 Å². The molecule has 0 aromatic carbocycles. The summed E-state index contributed by atoms with van der Waals surface area (Å²) in [5.41, 5.74) is 2.87. The number of aliphatic hydroxyl groups excluding tert-OH is 1. The third-order valence-electron chi connectivity index (χ3n) is 4.91. The van der Waals surface area contributed by atoms with Gasteiger partial charge in [-0.3, -0.25) is 0 Å². The number of nitrogens with zero attached hydrogens (tertiary/aromatic N) is 1. The largest absolute Gasteiger partial charge is 0.501 e. The molecule has 2 N–H and O–H groups in total. The van der Waals surface area contributed by atoms with Gasteiger partial charge in [-0.15, -0.1) is 0 Å². The molecule has 3 atom stereocenters. The molecule has 3 unspecified atom stereocenters. The topological polar surface area (TPSA) is 63.1 Å². The van der Waals surface area contributed by atoms with Gasteiger partial charge in [0.15, 0.2) is 11.4 Å². The van der Waals surface area contributed by atoms with Gasteiger partial charge in [0.1, 0.15) is 0 Å². The van der Waals surface area contributed by atoms with Gasteiger partial charge in [-0.2, -0.15) is 0 Å². The summed E-state index contributed by atoms with van der Waals surface area (Å²) in [4.78, 5) is 4.35. The number of thiocarbonyl (C=S) groups is 1.